The third kappa shape index (κ3) is 3.01. The number of hydrogen-bond acceptors (Lipinski definition) is 4. The molecule has 1 aromatic heterocycles. The number of nitrogens with one attached hydrogen (secondary N) is 1. The molecule has 1 heterocycles. The predicted octanol–water partition coefficient (Wildman–Crippen LogP) is 2.12. The molecule has 1 aliphatic carbocycles. The van der Waals surface area contributed by atoms with E-state index in [0.29, 0.717) is 5.92 Å². The van der Waals surface area contributed by atoms with E-state index in [0.717, 1.165) is 17.3 Å². The summed E-state index contributed by atoms with van der Waals surface area (Å²) in [6, 6.07) is 0.100. The van der Waals surface area contributed by atoms with E-state index < -0.39 is 0 Å². The van der Waals surface area contributed by atoms with Crippen molar-refractivity contribution in [2.24, 2.45) is 17.7 Å². The predicted molar refractivity (Wildman–Crippen MR) is 68.0 cm³/mol. The lowest BCUT2D eigenvalue weighted by molar-refractivity contribution is 0.226. The van der Waals surface area contributed by atoms with Gasteiger partial charge < -0.3 is 0 Å². The second kappa shape index (κ2) is 5.56. The van der Waals surface area contributed by atoms with Crippen LogP contribution in [0, 0.1) is 18.8 Å². The fourth-order valence-electron chi connectivity index (χ4n) is 2.60. The van der Waals surface area contributed by atoms with Crippen molar-refractivity contribution < 1.29 is 0 Å². The van der Waals surface area contributed by atoms with Crippen molar-refractivity contribution in [3.63, 3.8) is 0 Å². The Bertz CT molecular complexity index is 341. The normalized spacial score (nSPS) is 26.8. The number of rotatable bonds is 3. The van der Waals surface area contributed by atoms with Gasteiger partial charge in [-0.25, -0.2) is 15.4 Å². The lowest BCUT2D eigenvalue weighted by Crippen LogP contribution is -2.36. The third-order valence-electron chi connectivity index (χ3n) is 3.79. The summed E-state index contributed by atoms with van der Waals surface area (Å²) < 4.78 is 0. The van der Waals surface area contributed by atoms with E-state index in [1.807, 2.05) is 19.3 Å². The number of aromatic nitrogens is 2. The average Bonchev–Trinajstić information content (AvgIpc) is 2.35. The van der Waals surface area contributed by atoms with Gasteiger partial charge >= 0.3 is 0 Å². The van der Waals surface area contributed by atoms with Crippen molar-refractivity contribution in [2.75, 3.05) is 0 Å². The van der Waals surface area contributed by atoms with E-state index in [1.165, 1.54) is 25.7 Å². The van der Waals surface area contributed by atoms with Crippen LogP contribution in [-0.4, -0.2) is 9.97 Å². The molecule has 4 nitrogen and oxygen atoms in total. The molecule has 1 fully saturated rings. The zero-order chi connectivity index (χ0) is 12.3. The lowest BCUT2D eigenvalue weighted by atomic mass is 9.79. The van der Waals surface area contributed by atoms with Gasteiger partial charge in [-0.2, -0.15) is 0 Å². The molecule has 1 saturated carbocycles. The Hall–Kier alpha value is -1.00. The van der Waals surface area contributed by atoms with Crippen LogP contribution in [0.5, 0.6) is 0 Å². The molecule has 0 amide bonds. The molecular formula is C13H22N4. The van der Waals surface area contributed by atoms with Crippen LogP contribution in [0.4, 0.5) is 0 Å². The Kier molecular flexibility index (Phi) is 4.07. The van der Waals surface area contributed by atoms with Gasteiger partial charge in [0.05, 0.1) is 6.04 Å². The van der Waals surface area contributed by atoms with Crippen molar-refractivity contribution in [3.05, 3.63) is 23.8 Å². The molecule has 94 valence electrons. The maximum Gasteiger partial charge on any atom is 0.146 e. The highest BCUT2D eigenvalue weighted by Crippen LogP contribution is 2.35. The van der Waals surface area contributed by atoms with Gasteiger partial charge in [0.2, 0.25) is 0 Å². The quantitative estimate of drug-likeness (QED) is 0.621. The smallest absolute Gasteiger partial charge is 0.146 e. The molecule has 0 radical (unpaired) electrons. The molecule has 1 aromatic rings. The summed E-state index contributed by atoms with van der Waals surface area (Å²) in [6.45, 7) is 4.32. The zero-order valence-corrected chi connectivity index (χ0v) is 10.7. The Labute approximate surface area is 103 Å². The topological polar surface area (TPSA) is 63.8 Å². The van der Waals surface area contributed by atoms with Gasteiger partial charge in [-0.05, 0) is 37.2 Å². The molecular weight excluding hydrogens is 212 g/mol. The SMILES string of the molecule is Cc1cnc(C(NN)C2CCC(C)CC2)nc1. The van der Waals surface area contributed by atoms with Gasteiger partial charge in [0.1, 0.15) is 5.82 Å². The standard InChI is InChI=1S/C13H22N4/c1-9-3-5-11(6-4-9)12(17-14)13-15-7-10(2)8-16-13/h7-9,11-12,17H,3-6,14H2,1-2H3. The van der Waals surface area contributed by atoms with Crippen molar-refractivity contribution in [3.8, 4) is 0 Å². The van der Waals surface area contributed by atoms with E-state index in [1.54, 1.807) is 0 Å². The van der Waals surface area contributed by atoms with Gasteiger partial charge in [-0.1, -0.05) is 19.8 Å². The van der Waals surface area contributed by atoms with E-state index >= 15 is 0 Å². The van der Waals surface area contributed by atoms with Crippen LogP contribution in [0.15, 0.2) is 12.4 Å². The number of hydrazine groups is 1. The second-order valence-electron chi connectivity index (χ2n) is 5.28. The Morgan fingerprint density at radius 2 is 1.82 bits per heavy atom. The molecule has 3 N–H and O–H groups in total. The highest BCUT2D eigenvalue weighted by molar-refractivity contribution is 5.05. The molecule has 2 rings (SSSR count). The van der Waals surface area contributed by atoms with E-state index in [9.17, 15) is 0 Å². The van der Waals surface area contributed by atoms with Crippen LogP contribution < -0.4 is 11.3 Å². The molecule has 0 saturated heterocycles. The first-order chi connectivity index (χ1) is 8.20. The first-order valence-electron chi connectivity index (χ1n) is 6.45. The van der Waals surface area contributed by atoms with Gasteiger partial charge in [0, 0.05) is 12.4 Å². The maximum absolute atomic E-state index is 5.68. The van der Waals surface area contributed by atoms with Crippen LogP contribution in [0.1, 0.15) is 50.0 Å². The van der Waals surface area contributed by atoms with Gasteiger partial charge in [0.25, 0.3) is 0 Å². The summed E-state index contributed by atoms with van der Waals surface area (Å²) in [4.78, 5) is 8.78. The summed E-state index contributed by atoms with van der Waals surface area (Å²) >= 11 is 0. The average molecular weight is 234 g/mol. The summed E-state index contributed by atoms with van der Waals surface area (Å²) in [6.07, 6.45) is 8.72. The minimum Gasteiger partial charge on any atom is -0.271 e. The Morgan fingerprint density at radius 1 is 1.24 bits per heavy atom. The molecule has 1 unspecified atom stereocenters. The van der Waals surface area contributed by atoms with Crippen molar-refractivity contribution in [1.29, 1.82) is 0 Å². The molecule has 1 aliphatic rings. The summed E-state index contributed by atoms with van der Waals surface area (Å²) in [7, 11) is 0. The fourth-order valence-corrected chi connectivity index (χ4v) is 2.60. The third-order valence-corrected chi connectivity index (χ3v) is 3.79. The van der Waals surface area contributed by atoms with Crippen LogP contribution in [0.2, 0.25) is 0 Å². The minimum absolute atomic E-state index is 0.100. The largest absolute Gasteiger partial charge is 0.271 e. The first-order valence-corrected chi connectivity index (χ1v) is 6.45. The Balaban J connectivity index is 2.08. The van der Waals surface area contributed by atoms with Crippen molar-refractivity contribution >= 4 is 0 Å². The van der Waals surface area contributed by atoms with Gasteiger partial charge in [-0.15, -0.1) is 0 Å². The van der Waals surface area contributed by atoms with E-state index in [2.05, 4.69) is 22.3 Å². The van der Waals surface area contributed by atoms with Crippen LogP contribution in [-0.2, 0) is 0 Å². The Morgan fingerprint density at radius 3 is 2.35 bits per heavy atom. The lowest BCUT2D eigenvalue weighted by Gasteiger charge is -2.31. The van der Waals surface area contributed by atoms with Gasteiger partial charge in [0.15, 0.2) is 0 Å². The van der Waals surface area contributed by atoms with Crippen LogP contribution >= 0.6 is 0 Å². The van der Waals surface area contributed by atoms with Crippen LogP contribution in [0.25, 0.3) is 0 Å². The van der Waals surface area contributed by atoms with E-state index in [-0.39, 0.29) is 6.04 Å². The molecule has 0 spiro atoms. The van der Waals surface area contributed by atoms with Crippen molar-refractivity contribution in [2.45, 2.75) is 45.6 Å². The highest BCUT2D eigenvalue weighted by atomic mass is 15.2. The first kappa shape index (κ1) is 12.5. The maximum atomic E-state index is 5.68. The number of nitrogens with zero attached hydrogens (tertiary/aromatic N) is 2. The number of hydrogen-bond donors (Lipinski definition) is 2. The number of nitrogens with two attached hydrogens (primary N) is 1. The molecule has 0 aromatic carbocycles. The van der Waals surface area contributed by atoms with Crippen LogP contribution in [0.3, 0.4) is 0 Å². The summed E-state index contributed by atoms with van der Waals surface area (Å²) in [5, 5.41) is 0. The summed E-state index contributed by atoms with van der Waals surface area (Å²) in [5.74, 6) is 7.93. The fraction of sp³-hybridized carbons (Fsp3) is 0.692. The van der Waals surface area contributed by atoms with E-state index in [4.69, 9.17) is 5.84 Å². The second-order valence-corrected chi connectivity index (χ2v) is 5.28. The summed E-state index contributed by atoms with van der Waals surface area (Å²) in [5.41, 5.74) is 3.98. The molecule has 1 atom stereocenters. The minimum atomic E-state index is 0.100. The molecule has 0 bridgehead atoms. The monoisotopic (exact) mass is 234 g/mol. The number of aryl methyl sites for hydroxylation is 1. The molecule has 0 aliphatic heterocycles. The zero-order valence-electron chi connectivity index (χ0n) is 10.7. The molecule has 17 heavy (non-hydrogen) atoms. The molecule has 4 heteroatoms. The van der Waals surface area contributed by atoms with Crippen molar-refractivity contribution in [1.82, 2.24) is 15.4 Å². The van der Waals surface area contributed by atoms with Gasteiger partial charge in [-0.3, -0.25) is 5.84 Å². The highest BCUT2D eigenvalue weighted by Gasteiger charge is 2.28.